The van der Waals surface area contributed by atoms with Crippen molar-refractivity contribution in [3.05, 3.63) is 0 Å². The Morgan fingerprint density at radius 2 is 2.18 bits per heavy atom. The van der Waals surface area contributed by atoms with Crippen molar-refractivity contribution in [1.29, 1.82) is 0 Å². The highest BCUT2D eigenvalue weighted by molar-refractivity contribution is 7.98. The molecule has 1 rings (SSSR count). The van der Waals surface area contributed by atoms with Gasteiger partial charge in [-0.05, 0) is 44.6 Å². The highest BCUT2D eigenvalue weighted by Gasteiger charge is 2.36. The molecule has 0 spiro atoms. The molecule has 1 amide bonds. The van der Waals surface area contributed by atoms with E-state index in [2.05, 4.69) is 5.32 Å². The minimum atomic E-state index is -1.02. The second-order valence-electron chi connectivity index (χ2n) is 4.51. The van der Waals surface area contributed by atoms with E-state index >= 15 is 0 Å². The Balaban J connectivity index is 2.37. The zero-order valence-corrected chi connectivity index (χ0v) is 11.0. The lowest BCUT2D eigenvalue weighted by molar-refractivity contribution is -0.139. The number of hydrogen-bond donors (Lipinski definition) is 2. The maximum absolute atomic E-state index is 11.5. The van der Waals surface area contributed by atoms with Crippen LogP contribution in [0.4, 0.5) is 4.79 Å². The molecular formula is C11H19NO4S. The Morgan fingerprint density at radius 1 is 1.53 bits per heavy atom. The van der Waals surface area contributed by atoms with Crippen molar-refractivity contribution in [2.45, 2.75) is 44.2 Å². The first-order valence-corrected chi connectivity index (χ1v) is 7.07. The minimum absolute atomic E-state index is 0.396. The van der Waals surface area contributed by atoms with Crippen molar-refractivity contribution < 1.29 is 19.4 Å². The molecular weight excluding hydrogens is 242 g/mol. The Labute approximate surface area is 105 Å². The Kier molecular flexibility index (Phi) is 5.11. The second kappa shape index (κ2) is 6.14. The second-order valence-corrected chi connectivity index (χ2v) is 5.50. The van der Waals surface area contributed by atoms with Gasteiger partial charge >= 0.3 is 12.1 Å². The number of carbonyl (C=O) groups is 2. The number of amides is 1. The van der Waals surface area contributed by atoms with Gasteiger partial charge in [0.25, 0.3) is 0 Å². The van der Waals surface area contributed by atoms with Gasteiger partial charge in [0.05, 0.1) is 0 Å². The van der Waals surface area contributed by atoms with Gasteiger partial charge in [-0.1, -0.05) is 0 Å². The molecule has 0 aliphatic heterocycles. The number of rotatable bonds is 6. The highest BCUT2D eigenvalue weighted by Crippen LogP contribution is 2.34. The van der Waals surface area contributed by atoms with Gasteiger partial charge in [-0.15, -0.1) is 0 Å². The Morgan fingerprint density at radius 3 is 2.59 bits per heavy atom. The van der Waals surface area contributed by atoms with Crippen molar-refractivity contribution in [2.24, 2.45) is 0 Å². The van der Waals surface area contributed by atoms with Crippen LogP contribution >= 0.6 is 11.8 Å². The summed E-state index contributed by atoms with van der Waals surface area (Å²) in [5.41, 5.74) is -0.396. The number of carboxylic acids is 1. The lowest BCUT2D eigenvalue weighted by Crippen LogP contribution is -2.47. The van der Waals surface area contributed by atoms with E-state index < -0.39 is 23.7 Å². The minimum Gasteiger partial charge on any atom is -0.480 e. The molecule has 0 aromatic rings. The van der Waals surface area contributed by atoms with E-state index in [0.717, 1.165) is 19.3 Å². The number of hydrogen-bond acceptors (Lipinski definition) is 4. The predicted molar refractivity (Wildman–Crippen MR) is 66.3 cm³/mol. The molecule has 1 aliphatic rings. The quantitative estimate of drug-likeness (QED) is 0.763. The number of carboxylic acid groups (broad SMARTS) is 1. The molecule has 0 aromatic heterocycles. The van der Waals surface area contributed by atoms with Gasteiger partial charge in [-0.25, -0.2) is 9.59 Å². The van der Waals surface area contributed by atoms with Crippen molar-refractivity contribution in [2.75, 3.05) is 12.0 Å². The lowest BCUT2D eigenvalue weighted by Gasteiger charge is -2.37. The van der Waals surface area contributed by atoms with E-state index in [1.165, 1.54) is 0 Å². The summed E-state index contributed by atoms with van der Waals surface area (Å²) in [4.78, 5) is 22.4. The maximum Gasteiger partial charge on any atom is 0.408 e. The third-order valence-electron chi connectivity index (χ3n) is 2.95. The summed E-state index contributed by atoms with van der Waals surface area (Å²) in [6.07, 6.45) is 4.43. The standard InChI is InChI=1S/C11H19NO4S/c1-11(5-3-6-11)16-10(15)12-8(9(13)14)4-7-17-2/h8H,3-7H2,1-2H3,(H,12,15)(H,13,14). The smallest absolute Gasteiger partial charge is 0.408 e. The fraction of sp³-hybridized carbons (Fsp3) is 0.818. The van der Waals surface area contributed by atoms with Gasteiger partial charge in [-0.3, -0.25) is 0 Å². The molecule has 1 aliphatic carbocycles. The van der Waals surface area contributed by atoms with Crippen LogP contribution in [0.2, 0.25) is 0 Å². The van der Waals surface area contributed by atoms with Crippen LogP contribution in [-0.2, 0) is 9.53 Å². The molecule has 6 heteroatoms. The summed E-state index contributed by atoms with van der Waals surface area (Å²) < 4.78 is 5.21. The highest BCUT2D eigenvalue weighted by atomic mass is 32.2. The summed E-state index contributed by atoms with van der Waals surface area (Å²) in [6, 6.07) is -0.862. The van der Waals surface area contributed by atoms with E-state index in [1.807, 2.05) is 13.2 Å². The fourth-order valence-electron chi connectivity index (χ4n) is 1.67. The van der Waals surface area contributed by atoms with Crippen LogP contribution in [-0.4, -0.2) is 40.8 Å². The molecule has 0 bridgehead atoms. The van der Waals surface area contributed by atoms with E-state index in [1.54, 1.807) is 11.8 Å². The van der Waals surface area contributed by atoms with E-state index in [9.17, 15) is 9.59 Å². The van der Waals surface area contributed by atoms with Gasteiger partial charge in [0.15, 0.2) is 0 Å². The van der Waals surface area contributed by atoms with Crippen molar-refractivity contribution in [3.8, 4) is 0 Å². The SMILES string of the molecule is CSCCC(NC(=O)OC1(C)CCC1)C(=O)O. The monoisotopic (exact) mass is 261 g/mol. The summed E-state index contributed by atoms with van der Waals surface area (Å²) in [6.45, 7) is 1.87. The summed E-state index contributed by atoms with van der Waals surface area (Å²) in [5, 5.41) is 11.3. The fourth-order valence-corrected chi connectivity index (χ4v) is 2.14. The van der Waals surface area contributed by atoms with Crippen LogP contribution in [0.3, 0.4) is 0 Å². The van der Waals surface area contributed by atoms with Crippen molar-refractivity contribution in [1.82, 2.24) is 5.32 Å². The van der Waals surface area contributed by atoms with Crippen LogP contribution in [0.5, 0.6) is 0 Å². The Bertz CT molecular complexity index is 291. The molecule has 0 aromatic carbocycles. The average molecular weight is 261 g/mol. The van der Waals surface area contributed by atoms with Gasteiger partial charge in [0.1, 0.15) is 11.6 Å². The molecule has 98 valence electrons. The average Bonchev–Trinajstić information content (AvgIpc) is 2.21. The molecule has 5 nitrogen and oxygen atoms in total. The first kappa shape index (κ1) is 14.2. The summed E-state index contributed by atoms with van der Waals surface area (Å²) >= 11 is 1.55. The van der Waals surface area contributed by atoms with E-state index in [-0.39, 0.29) is 0 Å². The zero-order valence-electron chi connectivity index (χ0n) is 10.2. The van der Waals surface area contributed by atoms with Crippen molar-refractivity contribution in [3.63, 3.8) is 0 Å². The molecule has 1 saturated carbocycles. The third-order valence-corrected chi connectivity index (χ3v) is 3.60. The summed E-state index contributed by atoms with van der Waals surface area (Å²) in [5.74, 6) is -0.330. The summed E-state index contributed by atoms with van der Waals surface area (Å²) in [7, 11) is 0. The lowest BCUT2D eigenvalue weighted by atomic mass is 9.82. The van der Waals surface area contributed by atoms with Gasteiger partial charge in [0, 0.05) is 0 Å². The first-order chi connectivity index (χ1) is 7.97. The predicted octanol–water partition coefficient (Wildman–Crippen LogP) is 1.86. The van der Waals surface area contributed by atoms with Crippen LogP contribution in [0, 0.1) is 0 Å². The molecule has 1 atom stereocenters. The van der Waals surface area contributed by atoms with Gasteiger partial charge in [0.2, 0.25) is 0 Å². The van der Waals surface area contributed by atoms with Crippen LogP contribution < -0.4 is 5.32 Å². The van der Waals surface area contributed by atoms with E-state index in [0.29, 0.717) is 12.2 Å². The maximum atomic E-state index is 11.5. The molecule has 2 N–H and O–H groups in total. The molecule has 17 heavy (non-hydrogen) atoms. The Hall–Kier alpha value is -0.910. The molecule has 0 heterocycles. The molecule has 1 unspecified atom stereocenters. The molecule has 1 fully saturated rings. The number of nitrogens with one attached hydrogen (secondary N) is 1. The topological polar surface area (TPSA) is 75.6 Å². The van der Waals surface area contributed by atoms with Gasteiger partial charge < -0.3 is 15.2 Å². The first-order valence-electron chi connectivity index (χ1n) is 5.68. The van der Waals surface area contributed by atoms with E-state index in [4.69, 9.17) is 9.84 Å². The van der Waals surface area contributed by atoms with Crippen LogP contribution in [0.25, 0.3) is 0 Å². The van der Waals surface area contributed by atoms with Gasteiger partial charge in [-0.2, -0.15) is 11.8 Å². The third kappa shape index (κ3) is 4.46. The normalized spacial score (nSPS) is 18.9. The zero-order chi connectivity index (χ0) is 12.9. The molecule has 0 radical (unpaired) electrons. The van der Waals surface area contributed by atoms with Crippen molar-refractivity contribution >= 4 is 23.8 Å². The molecule has 0 saturated heterocycles. The number of alkyl carbamates (subject to hydrolysis) is 1. The van der Waals surface area contributed by atoms with Crippen LogP contribution in [0.15, 0.2) is 0 Å². The number of ether oxygens (including phenoxy) is 1. The number of carbonyl (C=O) groups excluding carboxylic acids is 1. The number of aliphatic carboxylic acids is 1. The largest absolute Gasteiger partial charge is 0.480 e. The van der Waals surface area contributed by atoms with Crippen LogP contribution in [0.1, 0.15) is 32.6 Å². The number of thioether (sulfide) groups is 1.